The van der Waals surface area contributed by atoms with Gasteiger partial charge in [-0.3, -0.25) is 0 Å². The monoisotopic (exact) mass is 390 g/mol. The normalized spacial score (nSPS) is 11.0. The molecule has 0 aliphatic heterocycles. The van der Waals surface area contributed by atoms with Crippen molar-refractivity contribution < 1.29 is 13.9 Å². The number of hydrogen-bond acceptors (Lipinski definition) is 6. The fourth-order valence-corrected chi connectivity index (χ4v) is 2.85. The molecule has 2 heterocycles. The van der Waals surface area contributed by atoms with Crippen LogP contribution in [-0.4, -0.2) is 16.2 Å². The van der Waals surface area contributed by atoms with E-state index >= 15 is 0 Å². The van der Waals surface area contributed by atoms with Gasteiger partial charge < -0.3 is 9.15 Å². The third kappa shape index (κ3) is 4.14. The third-order valence-electron chi connectivity index (χ3n) is 2.84. The molecule has 116 valence electrons. The zero-order chi connectivity index (χ0) is 16.1. The summed E-state index contributed by atoms with van der Waals surface area (Å²) in [5, 5.41) is 9.77. The summed E-state index contributed by atoms with van der Waals surface area (Å²) >= 11 is 4.96. The SMILES string of the molecule is O=C(/C=C/c1cccs1)OCc1nnc(-c2ccccc2Br)o1. The van der Waals surface area contributed by atoms with E-state index in [4.69, 9.17) is 9.15 Å². The second-order valence-electron chi connectivity index (χ2n) is 4.44. The Morgan fingerprint density at radius 1 is 1.26 bits per heavy atom. The second kappa shape index (κ2) is 7.34. The van der Waals surface area contributed by atoms with Crippen LogP contribution in [0, 0.1) is 0 Å². The fraction of sp³-hybridized carbons (Fsp3) is 0.0625. The number of carbonyl (C=O) groups excluding carboxylic acids is 1. The summed E-state index contributed by atoms with van der Waals surface area (Å²) in [6.45, 7) is -0.0644. The first kappa shape index (κ1) is 15.6. The molecule has 3 aromatic rings. The van der Waals surface area contributed by atoms with Crippen LogP contribution in [0.15, 0.2) is 56.7 Å². The Bertz CT molecular complexity index is 827. The lowest BCUT2D eigenvalue weighted by atomic mass is 10.2. The van der Waals surface area contributed by atoms with Gasteiger partial charge in [0.15, 0.2) is 6.61 Å². The molecule has 5 nitrogen and oxygen atoms in total. The molecule has 0 aliphatic carbocycles. The van der Waals surface area contributed by atoms with Gasteiger partial charge in [0.25, 0.3) is 5.89 Å². The van der Waals surface area contributed by atoms with Gasteiger partial charge in [-0.2, -0.15) is 0 Å². The minimum absolute atomic E-state index is 0.0644. The predicted molar refractivity (Wildman–Crippen MR) is 90.6 cm³/mol. The Balaban J connectivity index is 1.59. The third-order valence-corrected chi connectivity index (χ3v) is 4.36. The second-order valence-corrected chi connectivity index (χ2v) is 6.27. The Kier molecular flexibility index (Phi) is 4.99. The lowest BCUT2D eigenvalue weighted by molar-refractivity contribution is -0.139. The van der Waals surface area contributed by atoms with Crippen LogP contribution in [-0.2, 0) is 16.1 Å². The van der Waals surface area contributed by atoms with Crippen LogP contribution in [0.3, 0.4) is 0 Å². The molecule has 0 radical (unpaired) electrons. The number of aromatic nitrogens is 2. The standard InChI is InChI=1S/C16H11BrN2O3S/c17-13-6-2-1-5-12(13)16-19-18-14(22-16)10-21-15(20)8-7-11-4-3-9-23-11/h1-9H,10H2/b8-7+. The Labute approximate surface area is 144 Å². The number of nitrogens with zero attached hydrogens (tertiary/aromatic N) is 2. The molecular formula is C16H11BrN2O3S. The molecule has 0 saturated carbocycles. The lowest BCUT2D eigenvalue weighted by Gasteiger charge is -1.98. The van der Waals surface area contributed by atoms with Crippen LogP contribution < -0.4 is 0 Å². The molecule has 0 N–H and O–H groups in total. The van der Waals surface area contributed by atoms with Crippen LogP contribution in [0.2, 0.25) is 0 Å². The maximum Gasteiger partial charge on any atom is 0.331 e. The van der Waals surface area contributed by atoms with Crippen LogP contribution in [0.4, 0.5) is 0 Å². The van der Waals surface area contributed by atoms with Crippen LogP contribution in [0.5, 0.6) is 0 Å². The molecular weight excluding hydrogens is 380 g/mol. The molecule has 0 unspecified atom stereocenters. The summed E-state index contributed by atoms with van der Waals surface area (Å²) < 4.78 is 11.4. The molecule has 0 bridgehead atoms. The quantitative estimate of drug-likeness (QED) is 0.479. The van der Waals surface area contributed by atoms with E-state index in [0.29, 0.717) is 5.89 Å². The van der Waals surface area contributed by atoms with Crippen molar-refractivity contribution in [1.82, 2.24) is 10.2 Å². The first-order chi connectivity index (χ1) is 11.2. The summed E-state index contributed by atoms with van der Waals surface area (Å²) in [5.74, 6) is 0.158. The van der Waals surface area contributed by atoms with E-state index in [2.05, 4.69) is 26.1 Å². The highest BCUT2D eigenvalue weighted by atomic mass is 79.9. The molecule has 23 heavy (non-hydrogen) atoms. The van der Waals surface area contributed by atoms with Crippen LogP contribution >= 0.6 is 27.3 Å². The van der Waals surface area contributed by atoms with Gasteiger partial charge in [-0.25, -0.2) is 4.79 Å². The van der Waals surface area contributed by atoms with E-state index in [9.17, 15) is 4.79 Å². The van der Waals surface area contributed by atoms with Crippen molar-refractivity contribution in [2.75, 3.05) is 0 Å². The molecule has 1 aromatic carbocycles. The molecule has 0 amide bonds. The summed E-state index contributed by atoms with van der Waals surface area (Å²) in [7, 11) is 0. The maximum atomic E-state index is 11.6. The topological polar surface area (TPSA) is 65.2 Å². The van der Waals surface area contributed by atoms with E-state index in [1.807, 2.05) is 41.8 Å². The first-order valence-electron chi connectivity index (χ1n) is 6.68. The molecule has 0 fully saturated rings. The van der Waals surface area contributed by atoms with Gasteiger partial charge >= 0.3 is 5.97 Å². The van der Waals surface area contributed by atoms with E-state index in [0.717, 1.165) is 14.9 Å². The summed E-state index contributed by atoms with van der Waals surface area (Å²) in [6.07, 6.45) is 3.07. The Morgan fingerprint density at radius 3 is 2.91 bits per heavy atom. The van der Waals surface area contributed by atoms with E-state index in [1.165, 1.54) is 6.08 Å². The van der Waals surface area contributed by atoms with Crippen molar-refractivity contribution in [3.8, 4) is 11.5 Å². The predicted octanol–water partition coefficient (Wildman–Crippen LogP) is 4.32. The fourth-order valence-electron chi connectivity index (χ4n) is 1.77. The van der Waals surface area contributed by atoms with Gasteiger partial charge in [-0.1, -0.05) is 18.2 Å². The van der Waals surface area contributed by atoms with Gasteiger partial charge in [0.2, 0.25) is 5.89 Å². The first-order valence-corrected chi connectivity index (χ1v) is 8.35. The van der Waals surface area contributed by atoms with Crippen molar-refractivity contribution in [1.29, 1.82) is 0 Å². The number of rotatable bonds is 5. The molecule has 0 spiro atoms. The number of halogens is 1. The molecule has 7 heteroatoms. The molecule has 0 saturated heterocycles. The minimum atomic E-state index is -0.459. The maximum absolute atomic E-state index is 11.6. The van der Waals surface area contributed by atoms with Gasteiger partial charge in [0, 0.05) is 15.4 Å². The van der Waals surface area contributed by atoms with Crippen molar-refractivity contribution in [2.24, 2.45) is 0 Å². The smallest absolute Gasteiger partial charge is 0.331 e. The van der Waals surface area contributed by atoms with Crippen molar-refractivity contribution >= 4 is 39.3 Å². The van der Waals surface area contributed by atoms with E-state index in [1.54, 1.807) is 17.4 Å². The van der Waals surface area contributed by atoms with Gasteiger partial charge in [0.05, 0.1) is 5.56 Å². The van der Waals surface area contributed by atoms with Crippen molar-refractivity contribution in [3.63, 3.8) is 0 Å². The Morgan fingerprint density at radius 2 is 2.13 bits per heavy atom. The lowest BCUT2D eigenvalue weighted by Crippen LogP contribution is -2.00. The summed E-state index contributed by atoms with van der Waals surface area (Å²) in [5.41, 5.74) is 0.787. The Hall–Kier alpha value is -2.25. The molecule has 2 aromatic heterocycles. The number of benzene rings is 1. The van der Waals surface area contributed by atoms with Crippen molar-refractivity contribution in [3.05, 3.63) is 63.1 Å². The van der Waals surface area contributed by atoms with Gasteiger partial charge in [0.1, 0.15) is 0 Å². The highest BCUT2D eigenvalue weighted by molar-refractivity contribution is 9.10. The van der Waals surface area contributed by atoms with Crippen LogP contribution in [0.1, 0.15) is 10.8 Å². The average molecular weight is 391 g/mol. The highest BCUT2D eigenvalue weighted by Gasteiger charge is 2.12. The number of ether oxygens (including phenoxy) is 1. The van der Waals surface area contributed by atoms with Gasteiger partial charge in [-0.05, 0) is 45.6 Å². The zero-order valence-electron chi connectivity index (χ0n) is 11.8. The summed E-state index contributed by atoms with van der Waals surface area (Å²) in [6, 6.07) is 11.3. The molecule has 3 rings (SSSR count). The van der Waals surface area contributed by atoms with Crippen LogP contribution in [0.25, 0.3) is 17.5 Å². The van der Waals surface area contributed by atoms with Crippen molar-refractivity contribution in [2.45, 2.75) is 6.61 Å². The average Bonchev–Trinajstić information content (AvgIpc) is 3.23. The highest BCUT2D eigenvalue weighted by Crippen LogP contribution is 2.26. The number of hydrogen-bond donors (Lipinski definition) is 0. The number of esters is 1. The van der Waals surface area contributed by atoms with Gasteiger partial charge in [-0.15, -0.1) is 21.5 Å². The van der Waals surface area contributed by atoms with E-state index < -0.39 is 5.97 Å². The number of thiophene rings is 1. The zero-order valence-corrected chi connectivity index (χ0v) is 14.2. The largest absolute Gasteiger partial charge is 0.452 e. The summed E-state index contributed by atoms with van der Waals surface area (Å²) in [4.78, 5) is 12.6. The molecule has 0 aliphatic rings. The molecule has 0 atom stereocenters. The van der Waals surface area contributed by atoms with E-state index in [-0.39, 0.29) is 12.5 Å². The minimum Gasteiger partial charge on any atom is -0.452 e. The number of carbonyl (C=O) groups is 1.